The van der Waals surface area contributed by atoms with Crippen LogP contribution in [-0.2, 0) is 0 Å². The van der Waals surface area contributed by atoms with E-state index in [0.717, 1.165) is 19.3 Å². The Morgan fingerprint density at radius 3 is 2.69 bits per heavy atom. The van der Waals surface area contributed by atoms with Crippen LogP contribution >= 0.6 is 0 Å². The van der Waals surface area contributed by atoms with Gasteiger partial charge in [0.2, 0.25) is 0 Å². The van der Waals surface area contributed by atoms with Gasteiger partial charge in [-0.05, 0) is 38.5 Å². The maximum atomic E-state index is 9.80. The lowest BCUT2D eigenvalue weighted by Gasteiger charge is -2.16. The highest BCUT2D eigenvalue weighted by Crippen LogP contribution is 2.29. The lowest BCUT2D eigenvalue weighted by molar-refractivity contribution is 0.100. The van der Waals surface area contributed by atoms with E-state index in [1.165, 1.54) is 25.7 Å². The Morgan fingerprint density at radius 1 is 1.38 bits per heavy atom. The standard InChI is InChI=1S/C12H20O/c1-2-3-4-5-10-12(13)11-8-6-7-9-11/h11-13H,4-10H2,1H3. The van der Waals surface area contributed by atoms with E-state index in [9.17, 15) is 5.11 Å². The molecule has 0 bridgehead atoms. The summed E-state index contributed by atoms with van der Waals surface area (Å²) in [6.07, 6.45) is 7.99. The molecule has 1 aliphatic rings. The summed E-state index contributed by atoms with van der Waals surface area (Å²) in [4.78, 5) is 0. The van der Waals surface area contributed by atoms with Crippen LogP contribution in [0.4, 0.5) is 0 Å². The molecule has 0 aromatic rings. The van der Waals surface area contributed by atoms with Gasteiger partial charge in [-0.3, -0.25) is 0 Å². The third-order valence-corrected chi connectivity index (χ3v) is 2.92. The summed E-state index contributed by atoms with van der Waals surface area (Å²) in [5.41, 5.74) is 0. The van der Waals surface area contributed by atoms with Crippen LogP contribution in [0, 0.1) is 17.8 Å². The molecule has 1 unspecified atom stereocenters. The second-order valence-electron chi connectivity index (χ2n) is 3.93. The second kappa shape index (κ2) is 6.05. The van der Waals surface area contributed by atoms with Crippen molar-refractivity contribution in [1.29, 1.82) is 0 Å². The monoisotopic (exact) mass is 180 g/mol. The van der Waals surface area contributed by atoms with Crippen molar-refractivity contribution >= 4 is 0 Å². The molecule has 0 radical (unpaired) electrons. The van der Waals surface area contributed by atoms with Gasteiger partial charge < -0.3 is 5.11 Å². The molecule has 0 aliphatic heterocycles. The molecule has 1 fully saturated rings. The molecule has 13 heavy (non-hydrogen) atoms. The predicted octanol–water partition coefficient (Wildman–Crippen LogP) is 2.73. The van der Waals surface area contributed by atoms with Gasteiger partial charge in [-0.15, -0.1) is 11.8 Å². The van der Waals surface area contributed by atoms with Crippen LogP contribution in [0.1, 0.15) is 51.9 Å². The average Bonchev–Trinajstić information content (AvgIpc) is 2.65. The zero-order valence-corrected chi connectivity index (χ0v) is 8.55. The molecule has 1 N–H and O–H groups in total. The van der Waals surface area contributed by atoms with Crippen molar-refractivity contribution in [2.75, 3.05) is 0 Å². The Morgan fingerprint density at radius 2 is 2.08 bits per heavy atom. The molecular weight excluding hydrogens is 160 g/mol. The van der Waals surface area contributed by atoms with E-state index in [4.69, 9.17) is 0 Å². The first kappa shape index (κ1) is 10.6. The molecule has 0 aromatic carbocycles. The Balaban J connectivity index is 2.08. The van der Waals surface area contributed by atoms with Crippen molar-refractivity contribution in [1.82, 2.24) is 0 Å². The van der Waals surface area contributed by atoms with Crippen molar-refractivity contribution in [3.8, 4) is 11.8 Å². The molecule has 0 amide bonds. The fourth-order valence-electron chi connectivity index (χ4n) is 2.10. The summed E-state index contributed by atoms with van der Waals surface area (Å²) < 4.78 is 0. The molecule has 1 saturated carbocycles. The number of aliphatic hydroxyl groups excluding tert-OH is 1. The molecule has 1 aliphatic carbocycles. The first-order chi connectivity index (χ1) is 6.34. The van der Waals surface area contributed by atoms with Gasteiger partial charge in [0, 0.05) is 6.42 Å². The van der Waals surface area contributed by atoms with E-state index in [1.54, 1.807) is 0 Å². The minimum absolute atomic E-state index is 0.0545. The fourth-order valence-corrected chi connectivity index (χ4v) is 2.10. The van der Waals surface area contributed by atoms with Gasteiger partial charge in [0.25, 0.3) is 0 Å². The van der Waals surface area contributed by atoms with E-state index < -0.39 is 0 Å². The van der Waals surface area contributed by atoms with Crippen molar-refractivity contribution < 1.29 is 5.11 Å². The highest BCUT2D eigenvalue weighted by molar-refractivity contribution is 4.94. The summed E-state index contributed by atoms with van der Waals surface area (Å²) in [5.74, 6) is 6.50. The lowest BCUT2D eigenvalue weighted by atomic mass is 9.96. The Kier molecular flexibility index (Phi) is 4.93. The molecule has 0 heterocycles. The van der Waals surface area contributed by atoms with Crippen LogP contribution in [-0.4, -0.2) is 11.2 Å². The van der Waals surface area contributed by atoms with Crippen molar-refractivity contribution in [2.24, 2.45) is 5.92 Å². The predicted molar refractivity (Wildman–Crippen MR) is 55.3 cm³/mol. The summed E-state index contributed by atoms with van der Waals surface area (Å²) >= 11 is 0. The maximum Gasteiger partial charge on any atom is 0.0568 e. The number of hydrogen-bond donors (Lipinski definition) is 1. The summed E-state index contributed by atoms with van der Waals surface area (Å²) in [6, 6.07) is 0. The molecule has 0 saturated heterocycles. The van der Waals surface area contributed by atoms with Gasteiger partial charge in [-0.2, -0.15) is 0 Å². The molecule has 0 spiro atoms. The van der Waals surface area contributed by atoms with Gasteiger partial charge in [-0.1, -0.05) is 12.8 Å². The fraction of sp³-hybridized carbons (Fsp3) is 0.833. The maximum absolute atomic E-state index is 9.80. The first-order valence-electron chi connectivity index (χ1n) is 5.42. The Hall–Kier alpha value is -0.480. The number of rotatable bonds is 4. The van der Waals surface area contributed by atoms with E-state index in [2.05, 4.69) is 11.8 Å². The van der Waals surface area contributed by atoms with Gasteiger partial charge in [0.1, 0.15) is 0 Å². The normalized spacial score (nSPS) is 19.5. The second-order valence-corrected chi connectivity index (χ2v) is 3.93. The third-order valence-electron chi connectivity index (χ3n) is 2.92. The minimum Gasteiger partial charge on any atom is -0.393 e. The summed E-state index contributed by atoms with van der Waals surface area (Å²) in [6.45, 7) is 1.87. The van der Waals surface area contributed by atoms with Crippen molar-refractivity contribution in [3.63, 3.8) is 0 Å². The Bertz CT molecular complexity index is 181. The van der Waals surface area contributed by atoms with E-state index in [1.807, 2.05) is 6.92 Å². The molecule has 74 valence electrons. The van der Waals surface area contributed by atoms with Crippen LogP contribution in [0.5, 0.6) is 0 Å². The van der Waals surface area contributed by atoms with Crippen LogP contribution in [0.15, 0.2) is 0 Å². The molecule has 1 heteroatoms. The number of unbranched alkanes of at least 4 members (excludes halogenated alkanes) is 1. The molecule has 1 rings (SSSR count). The quantitative estimate of drug-likeness (QED) is 0.521. The van der Waals surface area contributed by atoms with Gasteiger partial charge >= 0.3 is 0 Å². The van der Waals surface area contributed by atoms with E-state index in [0.29, 0.717) is 5.92 Å². The SMILES string of the molecule is CC#CCCCC(O)C1CCCC1. The van der Waals surface area contributed by atoms with Crippen LogP contribution < -0.4 is 0 Å². The van der Waals surface area contributed by atoms with E-state index >= 15 is 0 Å². The number of aliphatic hydroxyl groups is 1. The van der Waals surface area contributed by atoms with Crippen LogP contribution in [0.25, 0.3) is 0 Å². The summed E-state index contributed by atoms with van der Waals surface area (Å²) in [7, 11) is 0. The van der Waals surface area contributed by atoms with Crippen molar-refractivity contribution in [2.45, 2.75) is 58.0 Å². The molecular formula is C12H20O. The highest BCUT2D eigenvalue weighted by atomic mass is 16.3. The molecule has 1 atom stereocenters. The third kappa shape index (κ3) is 3.83. The van der Waals surface area contributed by atoms with Crippen LogP contribution in [0.3, 0.4) is 0 Å². The van der Waals surface area contributed by atoms with Crippen LogP contribution in [0.2, 0.25) is 0 Å². The summed E-state index contributed by atoms with van der Waals surface area (Å²) in [5, 5.41) is 9.80. The Labute approximate surface area is 81.5 Å². The zero-order chi connectivity index (χ0) is 9.52. The topological polar surface area (TPSA) is 20.2 Å². The van der Waals surface area contributed by atoms with E-state index in [-0.39, 0.29) is 6.10 Å². The molecule has 0 aromatic heterocycles. The first-order valence-corrected chi connectivity index (χ1v) is 5.42. The lowest BCUT2D eigenvalue weighted by Crippen LogP contribution is -2.17. The number of hydrogen-bond acceptors (Lipinski definition) is 1. The molecule has 1 nitrogen and oxygen atoms in total. The van der Waals surface area contributed by atoms with Gasteiger partial charge in [-0.25, -0.2) is 0 Å². The van der Waals surface area contributed by atoms with Gasteiger partial charge in [0.15, 0.2) is 0 Å². The highest BCUT2D eigenvalue weighted by Gasteiger charge is 2.22. The smallest absolute Gasteiger partial charge is 0.0568 e. The van der Waals surface area contributed by atoms with Gasteiger partial charge in [0.05, 0.1) is 6.10 Å². The minimum atomic E-state index is -0.0545. The largest absolute Gasteiger partial charge is 0.393 e. The van der Waals surface area contributed by atoms with Crippen molar-refractivity contribution in [3.05, 3.63) is 0 Å². The zero-order valence-electron chi connectivity index (χ0n) is 8.55. The average molecular weight is 180 g/mol.